The summed E-state index contributed by atoms with van der Waals surface area (Å²) in [4.78, 5) is 25.8. The molecular weight excluding hydrogens is 351 g/mol. The largest absolute Gasteiger partial charge is 0.452 e. The van der Waals surface area contributed by atoms with E-state index in [1.807, 2.05) is 0 Å². The number of carbonyl (C=O) groups is 2. The number of likely N-dealkylation sites (N-methyl/N-ethyl adjacent to an activating group) is 1. The first-order valence-corrected chi connectivity index (χ1v) is 8.45. The van der Waals surface area contributed by atoms with Gasteiger partial charge in [0.15, 0.2) is 6.61 Å². The van der Waals surface area contributed by atoms with Crippen LogP contribution in [0.15, 0.2) is 18.2 Å². The Morgan fingerprint density at radius 3 is 2.58 bits per heavy atom. The van der Waals surface area contributed by atoms with Gasteiger partial charge in [0.05, 0.1) is 16.7 Å². The molecule has 0 spiro atoms. The summed E-state index contributed by atoms with van der Waals surface area (Å²) in [5.74, 6) is -1.14. The lowest BCUT2D eigenvalue weighted by molar-refractivity contribution is -0.138. The molecule has 0 heterocycles. The molecule has 5 nitrogen and oxygen atoms in total. The molecule has 24 heavy (non-hydrogen) atoms. The summed E-state index contributed by atoms with van der Waals surface area (Å²) in [6.45, 7) is -0.443. The van der Waals surface area contributed by atoms with E-state index in [4.69, 9.17) is 27.9 Å². The molecule has 0 atom stereocenters. The van der Waals surface area contributed by atoms with E-state index in [0.717, 1.165) is 19.3 Å². The lowest BCUT2D eigenvalue weighted by atomic mass is 9.81. The Bertz CT molecular complexity index is 679. The maximum absolute atomic E-state index is 12.3. The fraction of sp³-hybridized carbons (Fsp3) is 0.471. The van der Waals surface area contributed by atoms with Crippen LogP contribution in [0.4, 0.5) is 0 Å². The molecule has 128 valence electrons. The molecule has 0 bridgehead atoms. The zero-order chi connectivity index (χ0) is 17.7. The minimum atomic E-state index is -0.810. The van der Waals surface area contributed by atoms with Crippen molar-refractivity contribution in [3.05, 3.63) is 33.8 Å². The lowest BCUT2D eigenvalue weighted by Gasteiger charge is -2.38. The zero-order valence-electron chi connectivity index (χ0n) is 13.3. The molecule has 1 amide bonds. The van der Waals surface area contributed by atoms with E-state index in [1.165, 1.54) is 17.0 Å². The first kappa shape index (κ1) is 18.6. The van der Waals surface area contributed by atoms with Crippen molar-refractivity contribution in [2.45, 2.75) is 37.6 Å². The second kappa shape index (κ2) is 7.87. The standard InChI is InChI=1S/C17H18Cl2N2O3/c1-21(17(11-20)7-3-2-4-8-17)15(22)10-24-16(23)13-9-12(18)5-6-14(13)19/h5-6,9H,2-4,7-8,10H2,1H3. The minimum Gasteiger partial charge on any atom is -0.452 e. The van der Waals surface area contributed by atoms with E-state index in [2.05, 4.69) is 6.07 Å². The third kappa shape index (κ3) is 4.00. The molecule has 0 aliphatic heterocycles. The van der Waals surface area contributed by atoms with Crippen LogP contribution in [0, 0.1) is 11.3 Å². The normalized spacial score (nSPS) is 16.1. The summed E-state index contributed by atoms with van der Waals surface area (Å²) in [6, 6.07) is 6.69. The van der Waals surface area contributed by atoms with Crippen molar-refractivity contribution in [3.8, 4) is 6.07 Å². The number of nitriles is 1. The first-order chi connectivity index (χ1) is 11.4. The Morgan fingerprint density at radius 1 is 1.29 bits per heavy atom. The molecule has 0 saturated heterocycles. The van der Waals surface area contributed by atoms with Crippen LogP contribution in [-0.2, 0) is 9.53 Å². The summed E-state index contributed by atoms with van der Waals surface area (Å²) >= 11 is 11.8. The number of benzene rings is 1. The molecule has 2 rings (SSSR count). The summed E-state index contributed by atoms with van der Waals surface area (Å²) in [5.41, 5.74) is -0.706. The fourth-order valence-electron chi connectivity index (χ4n) is 2.85. The van der Waals surface area contributed by atoms with Crippen LogP contribution < -0.4 is 0 Å². The van der Waals surface area contributed by atoms with Gasteiger partial charge < -0.3 is 9.64 Å². The van der Waals surface area contributed by atoms with E-state index in [0.29, 0.717) is 17.9 Å². The topological polar surface area (TPSA) is 70.4 Å². The van der Waals surface area contributed by atoms with Crippen molar-refractivity contribution < 1.29 is 14.3 Å². The molecule has 1 saturated carbocycles. The molecule has 0 unspecified atom stereocenters. The molecule has 1 aromatic rings. The van der Waals surface area contributed by atoms with Crippen LogP contribution in [0.25, 0.3) is 0 Å². The van der Waals surface area contributed by atoms with Crippen LogP contribution in [0.5, 0.6) is 0 Å². The van der Waals surface area contributed by atoms with Gasteiger partial charge in [0.1, 0.15) is 5.54 Å². The van der Waals surface area contributed by atoms with Crippen molar-refractivity contribution >= 4 is 35.1 Å². The molecule has 1 fully saturated rings. The quantitative estimate of drug-likeness (QED) is 0.757. The minimum absolute atomic E-state index is 0.104. The van der Waals surface area contributed by atoms with Crippen LogP contribution in [0.2, 0.25) is 10.0 Å². The van der Waals surface area contributed by atoms with Gasteiger partial charge in [-0.1, -0.05) is 42.5 Å². The van der Waals surface area contributed by atoms with Gasteiger partial charge >= 0.3 is 5.97 Å². The van der Waals surface area contributed by atoms with Gasteiger partial charge in [-0.05, 0) is 31.0 Å². The highest BCUT2D eigenvalue weighted by Gasteiger charge is 2.39. The zero-order valence-corrected chi connectivity index (χ0v) is 14.9. The highest BCUT2D eigenvalue weighted by Crippen LogP contribution is 2.32. The van der Waals surface area contributed by atoms with Gasteiger partial charge in [-0.15, -0.1) is 0 Å². The van der Waals surface area contributed by atoms with Gasteiger partial charge in [-0.2, -0.15) is 5.26 Å². The van der Waals surface area contributed by atoms with E-state index in [9.17, 15) is 14.9 Å². The first-order valence-electron chi connectivity index (χ1n) is 7.70. The predicted octanol–water partition coefficient (Wildman–Crippen LogP) is 3.84. The Labute approximate surface area is 151 Å². The molecule has 1 aliphatic rings. The van der Waals surface area contributed by atoms with Gasteiger partial charge in [0, 0.05) is 12.1 Å². The summed E-state index contributed by atoms with van der Waals surface area (Å²) in [6.07, 6.45) is 4.15. The monoisotopic (exact) mass is 368 g/mol. The van der Waals surface area contributed by atoms with Crippen LogP contribution in [0.3, 0.4) is 0 Å². The van der Waals surface area contributed by atoms with Crippen molar-refractivity contribution in [2.24, 2.45) is 0 Å². The number of hydrogen-bond acceptors (Lipinski definition) is 4. The van der Waals surface area contributed by atoms with Crippen molar-refractivity contribution in [3.63, 3.8) is 0 Å². The molecule has 0 radical (unpaired) electrons. The molecule has 1 aliphatic carbocycles. The second-order valence-corrected chi connectivity index (χ2v) is 6.70. The average molecular weight is 369 g/mol. The van der Waals surface area contributed by atoms with E-state index < -0.39 is 24.0 Å². The highest BCUT2D eigenvalue weighted by molar-refractivity contribution is 6.35. The predicted molar refractivity (Wildman–Crippen MR) is 90.9 cm³/mol. The Kier molecular flexibility index (Phi) is 6.09. The number of carbonyl (C=O) groups excluding carboxylic acids is 2. The van der Waals surface area contributed by atoms with Crippen molar-refractivity contribution in [1.29, 1.82) is 5.26 Å². The summed E-state index contributed by atoms with van der Waals surface area (Å²) in [5, 5.41) is 10.0. The van der Waals surface area contributed by atoms with Gasteiger partial charge in [0.25, 0.3) is 5.91 Å². The van der Waals surface area contributed by atoms with E-state index in [-0.39, 0.29) is 10.6 Å². The Morgan fingerprint density at radius 2 is 1.96 bits per heavy atom. The van der Waals surface area contributed by atoms with E-state index >= 15 is 0 Å². The molecule has 7 heteroatoms. The third-order valence-corrected chi connectivity index (χ3v) is 4.94. The molecule has 0 N–H and O–H groups in total. The third-order valence-electron chi connectivity index (χ3n) is 4.38. The molecule has 1 aromatic carbocycles. The molecular formula is C17H18Cl2N2O3. The number of ether oxygens (including phenoxy) is 1. The maximum atomic E-state index is 12.3. The average Bonchev–Trinajstić information content (AvgIpc) is 2.61. The number of nitrogens with zero attached hydrogens (tertiary/aromatic N) is 2. The fourth-order valence-corrected chi connectivity index (χ4v) is 3.22. The highest BCUT2D eigenvalue weighted by atomic mass is 35.5. The van der Waals surface area contributed by atoms with Crippen LogP contribution >= 0.6 is 23.2 Å². The smallest absolute Gasteiger partial charge is 0.340 e. The lowest BCUT2D eigenvalue weighted by Crippen LogP contribution is -2.51. The molecule has 0 aromatic heterocycles. The van der Waals surface area contributed by atoms with Crippen molar-refractivity contribution in [2.75, 3.05) is 13.7 Å². The van der Waals surface area contributed by atoms with Gasteiger partial charge in [-0.3, -0.25) is 4.79 Å². The Balaban J connectivity index is 2.00. The SMILES string of the molecule is CN(C(=O)COC(=O)c1cc(Cl)ccc1Cl)C1(C#N)CCCCC1. The van der Waals surface area contributed by atoms with Gasteiger partial charge in [-0.25, -0.2) is 4.79 Å². The number of rotatable bonds is 4. The summed E-state index contributed by atoms with van der Waals surface area (Å²) in [7, 11) is 1.58. The van der Waals surface area contributed by atoms with Crippen LogP contribution in [0.1, 0.15) is 42.5 Å². The van der Waals surface area contributed by atoms with Crippen molar-refractivity contribution in [1.82, 2.24) is 4.90 Å². The Hall–Kier alpha value is -1.77. The van der Waals surface area contributed by atoms with Gasteiger partial charge in [0.2, 0.25) is 0 Å². The number of hydrogen-bond donors (Lipinski definition) is 0. The maximum Gasteiger partial charge on any atom is 0.340 e. The summed E-state index contributed by atoms with van der Waals surface area (Å²) < 4.78 is 5.04. The second-order valence-electron chi connectivity index (χ2n) is 5.86. The number of halogens is 2. The number of esters is 1. The number of amides is 1. The van der Waals surface area contributed by atoms with E-state index in [1.54, 1.807) is 13.1 Å². The van der Waals surface area contributed by atoms with Crippen LogP contribution in [-0.4, -0.2) is 36.0 Å².